The van der Waals surface area contributed by atoms with Crippen LogP contribution in [-0.2, 0) is 13.7 Å². The van der Waals surface area contributed by atoms with E-state index in [1.165, 1.54) is 11.8 Å². The number of ketones is 1. The third kappa shape index (κ3) is 2.55. The molecule has 3 rings (SSSR count). The first-order valence-corrected chi connectivity index (χ1v) is 7.95. The highest BCUT2D eigenvalue weighted by Gasteiger charge is 2.17. The van der Waals surface area contributed by atoms with E-state index in [2.05, 4.69) is 9.97 Å². The normalized spacial score (nSPS) is 11.2. The molecule has 3 aromatic rings. The summed E-state index contributed by atoms with van der Waals surface area (Å²) in [6, 6.07) is 7.82. The lowest BCUT2D eigenvalue weighted by Crippen LogP contribution is -2.05. The molecule has 22 heavy (non-hydrogen) atoms. The minimum absolute atomic E-state index is 0.0560. The van der Waals surface area contributed by atoms with Crippen molar-refractivity contribution in [3.63, 3.8) is 0 Å². The van der Waals surface area contributed by atoms with Crippen LogP contribution < -0.4 is 0 Å². The van der Waals surface area contributed by atoms with Crippen LogP contribution >= 0.6 is 11.8 Å². The van der Waals surface area contributed by atoms with Crippen LogP contribution in [0.15, 0.2) is 35.6 Å². The number of para-hydroxylation sites is 1. The van der Waals surface area contributed by atoms with Gasteiger partial charge in [0.05, 0.1) is 24.3 Å². The average molecular weight is 315 g/mol. The van der Waals surface area contributed by atoms with Crippen molar-refractivity contribution in [2.24, 2.45) is 7.05 Å². The van der Waals surface area contributed by atoms with Gasteiger partial charge in [-0.05, 0) is 13.0 Å². The lowest BCUT2D eigenvalue weighted by molar-refractivity contribution is 0.102. The van der Waals surface area contributed by atoms with Gasteiger partial charge in [-0.2, -0.15) is 0 Å². The largest absolute Gasteiger partial charge is 0.390 e. The number of rotatable bonds is 5. The molecule has 0 bridgehead atoms. The number of fused-ring (bicyclic) bond motifs is 1. The number of hydrogen-bond acceptors (Lipinski definition) is 4. The Kier molecular flexibility index (Phi) is 4.04. The minimum Gasteiger partial charge on any atom is -0.390 e. The third-order valence-corrected chi connectivity index (χ3v) is 4.75. The fourth-order valence-electron chi connectivity index (χ4n) is 2.54. The summed E-state index contributed by atoms with van der Waals surface area (Å²) in [4.78, 5) is 20.1. The Bertz CT molecular complexity index is 835. The quantitative estimate of drug-likeness (QED) is 0.561. The van der Waals surface area contributed by atoms with E-state index in [0.717, 1.165) is 33.0 Å². The predicted octanol–water partition coefficient (Wildman–Crippen LogP) is 2.68. The number of aryl methyl sites for hydroxylation is 1. The summed E-state index contributed by atoms with van der Waals surface area (Å²) in [7, 11) is 1.84. The molecule has 0 aliphatic carbocycles. The van der Waals surface area contributed by atoms with Gasteiger partial charge in [0.15, 0.2) is 10.9 Å². The summed E-state index contributed by atoms with van der Waals surface area (Å²) >= 11 is 1.38. The Hall–Kier alpha value is -2.05. The van der Waals surface area contributed by atoms with E-state index in [9.17, 15) is 9.90 Å². The number of H-pyrrole nitrogens is 1. The zero-order chi connectivity index (χ0) is 15.7. The van der Waals surface area contributed by atoms with Crippen molar-refractivity contribution in [2.45, 2.75) is 18.7 Å². The van der Waals surface area contributed by atoms with Gasteiger partial charge in [0, 0.05) is 29.2 Å². The highest BCUT2D eigenvalue weighted by Crippen LogP contribution is 2.25. The smallest absolute Gasteiger partial charge is 0.175 e. The lowest BCUT2D eigenvalue weighted by Gasteiger charge is -2.04. The first-order chi connectivity index (χ1) is 10.6. The van der Waals surface area contributed by atoms with E-state index >= 15 is 0 Å². The molecule has 114 valence electrons. The van der Waals surface area contributed by atoms with Gasteiger partial charge in [-0.1, -0.05) is 30.0 Å². The monoisotopic (exact) mass is 315 g/mol. The second-order valence-electron chi connectivity index (χ2n) is 5.13. The van der Waals surface area contributed by atoms with Gasteiger partial charge < -0.3 is 14.7 Å². The van der Waals surface area contributed by atoms with Gasteiger partial charge in [-0.15, -0.1) is 0 Å². The van der Waals surface area contributed by atoms with Crippen LogP contribution in [0.4, 0.5) is 0 Å². The lowest BCUT2D eigenvalue weighted by atomic mass is 10.1. The first-order valence-electron chi connectivity index (χ1n) is 6.96. The van der Waals surface area contributed by atoms with Crippen LogP contribution in [0, 0.1) is 6.92 Å². The van der Waals surface area contributed by atoms with Crippen LogP contribution in [0.2, 0.25) is 0 Å². The SMILES string of the molecule is Cc1[nH]c2ccccc2c1C(=O)CSc1ncc(CO)n1C. The summed E-state index contributed by atoms with van der Waals surface area (Å²) < 4.78 is 1.81. The maximum Gasteiger partial charge on any atom is 0.175 e. The summed E-state index contributed by atoms with van der Waals surface area (Å²) in [6.45, 7) is 1.86. The number of aliphatic hydroxyl groups excluding tert-OH is 1. The van der Waals surface area contributed by atoms with E-state index in [1.54, 1.807) is 10.8 Å². The number of aliphatic hydroxyl groups is 1. The van der Waals surface area contributed by atoms with Gasteiger partial charge in [0.2, 0.25) is 0 Å². The van der Waals surface area contributed by atoms with Crippen molar-refractivity contribution in [1.29, 1.82) is 0 Å². The summed E-state index contributed by atoms with van der Waals surface area (Å²) in [5.74, 6) is 0.395. The highest BCUT2D eigenvalue weighted by atomic mass is 32.2. The second kappa shape index (κ2) is 5.98. The zero-order valence-corrected chi connectivity index (χ0v) is 13.3. The fraction of sp³-hybridized carbons (Fsp3) is 0.250. The second-order valence-corrected chi connectivity index (χ2v) is 6.07. The van der Waals surface area contributed by atoms with E-state index < -0.39 is 0 Å². The van der Waals surface area contributed by atoms with Crippen molar-refractivity contribution in [3.05, 3.63) is 47.4 Å². The van der Waals surface area contributed by atoms with Gasteiger partial charge in [-0.3, -0.25) is 4.79 Å². The van der Waals surface area contributed by atoms with Crippen molar-refractivity contribution < 1.29 is 9.90 Å². The maximum atomic E-state index is 12.6. The molecule has 1 aromatic carbocycles. The molecule has 2 aromatic heterocycles. The topological polar surface area (TPSA) is 70.9 Å². The minimum atomic E-state index is -0.0560. The maximum absolute atomic E-state index is 12.6. The number of imidazole rings is 1. The van der Waals surface area contributed by atoms with Gasteiger partial charge in [0.25, 0.3) is 0 Å². The number of aromatic nitrogens is 3. The summed E-state index contributed by atoms with van der Waals surface area (Å²) in [5, 5.41) is 10.9. The molecule has 0 spiro atoms. The van der Waals surface area contributed by atoms with Crippen LogP contribution in [0.5, 0.6) is 0 Å². The Morgan fingerprint density at radius 1 is 1.41 bits per heavy atom. The van der Waals surface area contributed by atoms with Crippen molar-refractivity contribution in [2.75, 3.05) is 5.75 Å². The number of aromatic amines is 1. The number of hydrogen-bond donors (Lipinski definition) is 2. The van der Waals surface area contributed by atoms with Gasteiger partial charge in [0.1, 0.15) is 0 Å². The van der Waals surface area contributed by atoms with Gasteiger partial charge in [-0.25, -0.2) is 4.98 Å². The van der Waals surface area contributed by atoms with E-state index in [4.69, 9.17) is 0 Å². The molecule has 6 heteroatoms. The molecule has 5 nitrogen and oxygen atoms in total. The Balaban J connectivity index is 1.82. The fourth-order valence-corrected chi connectivity index (χ4v) is 3.39. The summed E-state index contributed by atoms with van der Waals surface area (Å²) in [6.07, 6.45) is 1.63. The molecule has 2 N–H and O–H groups in total. The Labute approximate surface area is 132 Å². The van der Waals surface area contributed by atoms with Crippen molar-refractivity contribution in [1.82, 2.24) is 14.5 Å². The van der Waals surface area contributed by atoms with Crippen LogP contribution in [0.25, 0.3) is 10.9 Å². The van der Waals surface area contributed by atoms with Crippen LogP contribution in [0.1, 0.15) is 21.7 Å². The first kappa shape index (κ1) is 14.9. The molecule has 0 aliphatic rings. The number of benzene rings is 1. The number of thioether (sulfide) groups is 1. The average Bonchev–Trinajstić information content (AvgIpc) is 3.03. The standard InChI is InChI=1S/C16H17N3O2S/c1-10-15(12-5-3-4-6-13(12)18-10)14(21)9-22-16-17-7-11(8-20)19(16)2/h3-7,18,20H,8-9H2,1-2H3. The molecule has 0 saturated heterocycles. The molecule has 0 atom stereocenters. The van der Waals surface area contributed by atoms with Crippen molar-refractivity contribution in [3.8, 4) is 0 Å². The van der Waals surface area contributed by atoms with E-state index in [-0.39, 0.29) is 12.4 Å². The molecule has 0 unspecified atom stereocenters. The third-order valence-electron chi connectivity index (χ3n) is 3.71. The highest BCUT2D eigenvalue weighted by molar-refractivity contribution is 7.99. The molecule has 0 saturated carbocycles. The molecule has 0 fully saturated rings. The zero-order valence-electron chi connectivity index (χ0n) is 12.5. The molecule has 0 radical (unpaired) electrons. The molecular weight excluding hydrogens is 298 g/mol. The summed E-state index contributed by atoms with van der Waals surface area (Å²) in [5.41, 5.74) is 3.36. The van der Waals surface area contributed by atoms with Crippen LogP contribution in [-0.4, -0.2) is 31.2 Å². The van der Waals surface area contributed by atoms with Crippen molar-refractivity contribution >= 4 is 28.4 Å². The number of nitrogens with one attached hydrogen (secondary N) is 1. The van der Waals surface area contributed by atoms with Gasteiger partial charge >= 0.3 is 0 Å². The number of carbonyl (C=O) groups excluding carboxylic acids is 1. The number of Topliss-reactive ketones (excluding diaryl/α,β-unsaturated/α-hetero) is 1. The number of nitrogens with zero attached hydrogens (tertiary/aromatic N) is 2. The molecule has 2 heterocycles. The Morgan fingerprint density at radius 2 is 2.18 bits per heavy atom. The van der Waals surface area contributed by atoms with Crippen LogP contribution in [0.3, 0.4) is 0 Å². The molecular formula is C16H17N3O2S. The van der Waals surface area contributed by atoms with E-state index in [1.807, 2.05) is 38.2 Å². The van der Waals surface area contributed by atoms with E-state index in [0.29, 0.717) is 5.75 Å². The molecule has 0 amide bonds. The molecule has 0 aliphatic heterocycles. The Morgan fingerprint density at radius 3 is 2.91 bits per heavy atom. The number of carbonyl (C=O) groups is 1. The predicted molar refractivity (Wildman–Crippen MR) is 87.2 cm³/mol.